The maximum Gasteiger partial charge on any atom is 0.313 e. The molecule has 0 radical (unpaired) electrons. The van der Waals surface area contributed by atoms with Gasteiger partial charge < -0.3 is 9.84 Å². The summed E-state index contributed by atoms with van der Waals surface area (Å²) >= 11 is 0. The van der Waals surface area contributed by atoms with E-state index in [1.165, 1.54) is 6.20 Å². The number of aromatic nitrogens is 2. The van der Waals surface area contributed by atoms with Crippen molar-refractivity contribution in [1.82, 2.24) is 10.2 Å². The molecule has 5 heteroatoms. The second-order valence-electron chi connectivity index (χ2n) is 4.06. The first-order valence-corrected chi connectivity index (χ1v) is 5.84. The molecule has 5 nitrogen and oxygen atoms in total. The van der Waals surface area contributed by atoms with E-state index in [-0.39, 0.29) is 0 Å². The molecule has 1 unspecified atom stereocenters. The van der Waals surface area contributed by atoms with E-state index in [1.54, 1.807) is 19.2 Å². The lowest BCUT2D eigenvalue weighted by molar-refractivity contribution is -0.138. The number of carboxylic acid groups (broad SMARTS) is 1. The van der Waals surface area contributed by atoms with Crippen LogP contribution in [0.4, 0.5) is 0 Å². The van der Waals surface area contributed by atoms with Crippen LogP contribution >= 0.6 is 0 Å². The van der Waals surface area contributed by atoms with Crippen LogP contribution in [0.2, 0.25) is 0 Å². The largest absolute Gasteiger partial charge is 0.496 e. The highest BCUT2D eigenvalue weighted by Crippen LogP contribution is 2.25. The third-order valence-electron chi connectivity index (χ3n) is 2.86. The summed E-state index contributed by atoms with van der Waals surface area (Å²) < 4.78 is 5.23. The van der Waals surface area contributed by atoms with Gasteiger partial charge in [0.05, 0.1) is 12.8 Å². The quantitative estimate of drug-likeness (QED) is 0.886. The number of nitrogens with zero attached hydrogens (tertiary/aromatic N) is 2. The average Bonchev–Trinajstić information content (AvgIpc) is 2.45. The predicted octanol–water partition coefficient (Wildman–Crippen LogP) is 1.90. The first-order chi connectivity index (χ1) is 9.22. The van der Waals surface area contributed by atoms with Crippen LogP contribution in [0.1, 0.15) is 17.2 Å². The smallest absolute Gasteiger partial charge is 0.313 e. The van der Waals surface area contributed by atoms with Crippen molar-refractivity contribution in [2.24, 2.45) is 0 Å². The van der Waals surface area contributed by atoms with Crippen molar-refractivity contribution in [3.05, 3.63) is 53.9 Å². The second kappa shape index (κ2) is 5.95. The van der Waals surface area contributed by atoms with Gasteiger partial charge in [-0.2, -0.15) is 10.2 Å². The fourth-order valence-electron chi connectivity index (χ4n) is 1.91. The van der Waals surface area contributed by atoms with Crippen LogP contribution in [0.5, 0.6) is 5.75 Å². The van der Waals surface area contributed by atoms with Gasteiger partial charge in [-0.15, -0.1) is 0 Å². The van der Waals surface area contributed by atoms with Gasteiger partial charge in [-0.25, -0.2) is 0 Å². The molecule has 0 aliphatic rings. The molecule has 0 saturated heterocycles. The van der Waals surface area contributed by atoms with E-state index in [2.05, 4.69) is 10.2 Å². The Labute approximate surface area is 110 Å². The van der Waals surface area contributed by atoms with Crippen LogP contribution in [-0.2, 0) is 11.2 Å². The fraction of sp³-hybridized carbons (Fsp3) is 0.214. The summed E-state index contributed by atoms with van der Waals surface area (Å²) in [6.07, 6.45) is 1.84. The Morgan fingerprint density at radius 3 is 2.74 bits per heavy atom. The first kappa shape index (κ1) is 13.0. The molecule has 1 N–H and O–H groups in total. The summed E-state index contributed by atoms with van der Waals surface area (Å²) in [5, 5.41) is 17.0. The number of para-hydroxylation sites is 1. The molecule has 19 heavy (non-hydrogen) atoms. The molecule has 0 saturated carbocycles. The lowest BCUT2D eigenvalue weighted by Gasteiger charge is -2.13. The fourth-order valence-corrected chi connectivity index (χ4v) is 1.91. The number of hydrogen-bond acceptors (Lipinski definition) is 4. The van der Waals surface area contributed by atoms with Gasteiger partial charge in [-0.1, -0.05) is 18.2 Å². The van der Waals surface area contributed by atoms with Crippen molar-refractivity contribution >= 4 is 5.97 Å². The molecule has 1 aromatic carbocycles. The number of rotatable bonds is 5. The van der Waals surface area contributed by atoms with Gasteiger partial charge in [0.1, 0.15) is 11.7 Å². The highest BCUT2D eigenvalue weighted by molar-refractivity contribution is 5.76. The molecule has 2 rings (SSSR count). The van der Waals surface area contributed by atoms with Crippen molar-refractivity contribution in [3.63, 3.8) is 0 Å². The van der Waals surface area contributed by atoms with E-state index in [1.807, 2.05) is 24.3 Å². The monoisotopic (exact) mass is 258 g/mol. The topological polar surface area (TPSA) is 72.3 Å². The van der Waals surface area contributed by atoms with E-state index in [4.69, 9.17) is 4.74 Å². The van der Waals surface area contributed by atoms with Crippen molar-refractivity contribution < 1.29 is 14.6 Å². The molecular formula is C14H14N2O3. The zero-order valence-corrected chi connectivity index (χ0v) is 10.5. The van der Waals surface area contributed by atoms with Gasteiger partial charge >= 0.3 is 5.97 Å². The van der Waals surface area contributed by atoms with E-state index in [9.17, 15) is 9.90 Å². The Kier molecular flexibility index (Phi) is 4.07. The van der Waals surface area contributed by atoms with Crippen LogP contribution < -0.4 is 4.74 Å². The predicted molar refractivity (Wildman–Crippen MR) is 69.1 cm³/mol. The lowest BCUT2D eigenvalue weighted by atomic mass is 9.95. The third-order valence-corrected chi connectivity index (χ3v) is 2.86. The number of ether oxygens (including phenoxy) is 1. The van der Waals surface area contributed by atoms with Crippen LogP contribution in [0.15, 0.2) is 42.6 Å². The molecule has 0 fully saturated rings. The van der Waals surface area contributed by atoms with E-state index in [0.29, 0.717) is 17.9 Å². The Hall–Kier alpha value is -2.43. The van der Waals surface area contributed by atoms with Crippen molar-refractivity contribution in [1.29, 1.82) is 0 Å². The molecule has 2 aromatic rings. The number of methoxy groups -OCH3 is 1. The van der Waals surface area contributed by atoms with Gasteiger partial charge in [0.2, 0.25) is 0 Å². The van der Waals surface area contributed by atoms with Crippen LogP contribution in [0.3, 0.4) is 0 Å². The standard InChI is InChI=1S/C14H14N2O3/c1-19-13-7-3-2-5-10(13)9-11(14(17)18)12-6-4-8-15-16-12/h2-8,11H,9H2,1H3,(H,17,18). The number of aliphatic carboxylic acids is 1. The molecule has 0 amide bonds. The minimum atomic E-state index is -0.925. The van der Waals surface area contributed by atoms with Crippen molar-refractivity contribution in [2.45, 2.75) is 12.3 Å². The first-order valence-electron chi connectivity index (χ1n) is 5.84. The van der Waals surface area contributed by atoms with E-state index < -0.39 is 11.9 Å². The maximum atomic E-state index is 11.4. The summed E-state index contributed by atoms with van der Waals surface area (Å²) in [5.41, 5.74) is 1.28. The van der Waals surface area contributed by atoms with Gasteiger partial charge in [0, 0.05) is 6.20 Å². The van der Waals surface area contributed by atoms with Gasteiger partial charge in [0.25, 0.3) is 0 Å². The number of carbonyl (C=O) groups is 1. The molecule has 1 atom stereocenters. The average molecular weight is 258 g/mol. The molecule has 98 valence electrons. The van der Waals surface area contributed by atoms with Gasteiger partial charge in [-0.3, -0.25) is 4.79 Å². The zero-order valence-electron chi connectivity index (χ0n) is 10.5. The van der Waals surface area contributed by atoms with E-state index in [0.717, 1.165) is 5.56 Å². The highest BCUT2D eigenvalue weighted by Gasteiger charge is 2.23. The number of benzene rings is 1. The third kappa shape index (κ3) is 3.07. The molecule has 0 spiro atoms. The molecule has 1 aromatic heterocycles. The molecule has 0 aliphatic carbocycles. The van der Waals surface area contributed by atoms with E-state index >= 15 is 0 Å². The highest BCUT2D eigenvalue weighted by atomic mass is 16.5. The lowest BCUT2D eigenvalue weighted by Crippen LogP contribution is -2.16. The normalized spacial score (nSPS) is 11.8. The number of hydrogen-bond donors (Lipinski definition) is 1. The van der Waals surface area contributed by atoms with Crippen LogP contribution in [-0.4, -0.2) is 28.4 Å². The number of carboxylic acids is 1. The second-order valence-corrected chi connectivity index (χ2v) is 4.06. The Morgan fingerprint density at radius 2 is 2.11 bits per heavy atom. The maximum absolute atomic E-state index is 11.4. The summed E-state index contributed by atoms with van der Waals surface area (Å²) in [4.78, 5) is 11.4. The minimum Gasteiger partial charge on any atom is -0.496 e. The van der Waals surface area contributed by atoms with Crippen molar-refractivity contribution in [2.75, 3.05) is 7.11 Å². The Bertz CT molecular complexity index is 558. The molecule has 1 heterocycles. The van der Waals surface area contributed by atoms with Crippen molar-refractivity contribution in [3.8, 4) is 5.75 Å². The molecular weight excluding hydrogens is 244 g/mol. The van der Waals surface area contributed by atoms with Gasteiger partial charge in [0.15, 0.2) is 0 Å². The van der Waals surface area contributed by atoms with Crippen LogP contribution in [0, 0.1) is 0 Å². The van der Waals surface area contributed by atoms with Gasteiger partial charge in [-0.05, 0) is 30.2 Å². The molecule has 0 bridgehead atoms. The summed E-state index contributed by atoms with van der Waals surface area (Å²) in [5.74, 6) is -0.978. The molecule has 0 aliphatic heterocycles. The van der Waals surface area contributed by atoms with Crippen LogP contribution in [0.25, 0.3) is 0 Å². The Balaban J connectivity index is 2.30. The summed E-state index contributed by atoms with van der Waals surface area (Å²) in [7, 11) is 1.57. The Morgan fingerprint density at radius 1 is 1.32 bits per heavy atom. The zero-order chi connectivity index (χ0) is 13.7. The SMILES string of the molecule is COc1ccccc1CC(C(=O)O)c1cccnn1. The summed E-state index contributed by atoms with van der Waals surface area (Å²) in [6, 6.07) is 10.7. The minimum absolute atomic E-state index is 0.318. The summed E-state index contributed by atoms with van der Waals surface area (Å²) in [6.45, 7) is 0.